The minimum absolute atomic E-state index is 0.576. The van der Waals surface area contributed by atoms with Gasteiger partial charge in [-0.15, -0.1) is 5.73 Å². The van der Waals surface area contributed by atoms with Crippen LogP contribution in [0.25, 0.3) is 22.9 Å². The fraction of sp³-hybridized carbons (Fsp3) is 0.308. The van der Waals surface area contributed by atoms with Crippen LogP contribution in [0.1, 0.15) is 61.3 Å². The van der Waals surface area contributed by atoms with Crippen LogP contribution >= 0.6 is 0 Å². The Morgan fingerprint density at radius 2 is 1.76 bits per heavy atom. The van der Waals surface area contributed by atoms with Gasteiger partial charge in [-0.2, -0.15) is 0 Å². The van der Waals surface area contributed by atoms with Crippen LogP contribution < -0.4 is 5.73 Å². The van der Waals surface area contributed by atoms with Gasteiger partial charge in [0.15, 0.2) is 0 Å². The molecule has 2 N–H and O–H groups in total. The highest BCUT2D eigenvalue weighted by Gasteiger charge is 2.23. The summed E-state index contributed by atoms with van der Waals surface area (Å²) >= 11 is 0. The summed E-state index contributed by atoms with van der Waals surface area (Å²) < 4.78 is 2.43. The van der Waals surface area contributed by atoms with E-state index in [1.807, 2.05) is 0 Å². The molecule has 0 unspecified atom stereocenters. The Morgan fingerprint density at radius 1 is 1.00 bits per heavy atom. The number of hydrogen-bond donors (Lipinski definition) is 1. The number of allylic oxidation sites excluding steroid dienone is 1. The zero-order chi connectivity index (χ0) is 20.2. The molecule has 3 heteroatoms. The minimum Gasteiger partial charge on any atom is -0.326 e. The van der Waals surface area contributed by atoms with Crippen molar-refractivity contribution in [3.63, 3.8) is 0 Å². The van der Waals surface area contributed by atoms with E-state index in [4.69, 9.17) is 10.7 Å². The molecule has 0 aliphatic heterocycles. The summed E-state index contributed by atoms with van der Waals surface area (Å²) in [6, 6.07) is 17.2. The van der Waals surface area contributed by atoms with Crippen molar-refractivity contribution in [1.82, 2.24) is 9.55 Å². The fourth-order valence-electron chi connectivity index (χ4n) is 3.98. The van der Waals surface area contributed by atoms with Crippen LogP contribution in [-0.4, -0.2) is 9.55 Å². The molecule has 0 fully saturated rings. The third-order valence-corrected chi connectivity index (χ3v) is 5.66. The van der Waals surface area contributed by atoms with Crippen LogP contribution in [0.15, 0.2) is 54.3 Å². The molecule has 0 bridgehead atoms. The zero-order valence-corrected chi connectivity index (χ0v) is 17.4. The number of aromatic nitrogens is 2. The first-order valence-electron chi connectivity index (χ1n) is 10.7. The van der Waals surface area contributed by atoms with Crippen LogP contribution in [0.5, 0.6) is 0 Å². The van der Waals surface area contributed by atoms with Gasteiger partial charge in [-0.3, -0.25) is 0 Å². The first-order chi connectivity index (χ1) is 14.2. The van der Waals surface area contributed by atoms with E-state index < -0.39 is 0 Å². The van der Waals surface area contributed by atoms with E-state index in [1.54, 1.807) is 0 Å². The second kappa shape index (κ2) is 8.65. The molecule has 0 amide bonds. The van der Waals surface area contributed by atoms with Crippen LogP contribution in [-0.2, 0) is 19.5 Å². The van der Waals surface area contributed by atoms with Gasteiger partial charge in [0.2, 0.25) is 0 Å². The van der Waals surface area contributed by atoms with E-state index >= 15 is 0 Å². The van der Waals surface area contributed by atoms with E-state index in [1.165, 1.54) is 33.8 Å². The quantitative estimate of drug-likeness (QED) is 0.523. The van der Waals surface area contributed by atoms with Gasteiger partial charge in [0, 0.05) is 30.6 Å². The summed E-state index contributed by atoms with van der Waals surface area (Å²) in [5.74, 6) is 1.17. The topological polar surface area (TPSA) is 43.8 Å². The predicted octanol–water partition coefficient (Wildman–Crippen LogP) is 5.82. The van der Waals surface area contributed by atoms with Gasteiger partial charge in [-0.1, -0.05) is 68.8 Å². The molecule has 1 aromatic heterocycles. The molecule has 29 heavy (non-hydrogen) atoms. The fourth-order valence-corrected chi connectivity index (χ4v) is 3.98. The van der Waals surface area contributed by atoms with E-state index in [0.717, 1.165) is 43.5 Å². The number of unbranched alkanes of at least 4 members (excludes halogenated alkanes) is 1. The molecule has 0 saturated carbocycles. The molecule has 1 aliphatic carbocycles. The number of rotatable bonds is 7. The number of aryl methyl sites for hydroxylation is 1. The lowest BCUT2D eigenvalue weighted by atomic mass is 10.0. The normalized spacial score (nSPS) is 12.3. The zero-order valence-electron chi connectivity index (χ0n) is 17.4. The molecule has 1 aliphatic rings. The van der Waals surface area contributed by atoms with Crippen molar-refractivity contribution in [3.05, 3.63) is 82.5 Å². The van der Waals surface area contributed by atoms with Crippen molar-refractivity contribution in [2.75, 3.05) is 0 Å². The van der Waals surface area contributed by atoms with Crippen molar-refractivity contribution < 1.29 is 0 Å². The van der Waals surface area contributed by atoms with E-state index in [0.29, 0.717) is 6.54 Å². The average Bonchev–Trinajstić information content (AvgIpc) is 3.02. The lowest BCUT2D eigenvalue weighted by Gasteiger charge is -2.15. The van der Waals surface area contributed by atoms with Gasteiger partial charge in [-0.25, -0.2) is 4.98 Å². The van der Waals surface area contributed by atoms with Gasteiger partial charge in [-0.05, 0) is 35.6 Å². The molecule has 0 radical (unpaired) electrons. The monoisotopic (exact) mass is 383 g/mol. The Hall–Kier alpha value is -2.87. The predicted molar refractivity (Wildman–Crippen MR) is 121 cm³/mol. The van der Waals surface area contributed by atoms with E-state index in [2.05, 4.69) is 78.8 Å². The molecule has 0 saturated heterocycles. The highest BCUT2D eigenvalue weighted by atomic mass is 15.1. The van der Waals surface area contributed by atoms with Crippen LogP contribution in [0.2, 0.25) is 0 Å². The van der Waals surface area contributed by atoms with Gasteiger partial charge < -0.3 is 10.3 Å². The summed E-state index contributed by atoms with van der Waals surface area (Å²) in [7, 11) is 0. The lowest BCUT2D eigenvalue weighted by molar-refractivity contribution is 0.681. The first-order valence-corrected chi connectivity index (χ1v) is 10.7. The molecule has 3 nitrogen and oxygen atoms in total. The molecule has 148 valence electrons. The molecule has 0 spiro atoms. The van der Waals surface area contributed by atoms with Crippen LogP contribution in [0.4, 0.5) is 0 Å². The van der Waals surface area contributed by atoms with Crippen molar-refractivity contribution in [3.8, 4) is 11.3 Å². The Kier molecular flexibility index (Phi) is 5.80. The average molecular weight is 384 g/mol. The number of hydrogen-bond acceptors (Lipinski definition) is 2. The van der Waals surface area contributed by atoms with E-state index in [9.17, 15) is 0 Å². The molecule has 4 rings (SSSR count). The van der Waals surface area contributed by atoms with Crippen LogP contribution in [0, 0.1) is 0 Å². The van der Waals surface area contributed by atoms with Gasteiger partial charge in [0.1, 0.15) is 11.5 Å². The summed E-state index contributed by atoms with van der Waals surface area (Å²) in [4.78, 5) is 5.15. The number of benzene rings is 2. The molecular formula is C26H29N3. The number of imidazole rings is 1. The summed E-state index contributed by atoms with van der Waals surface area (Å²) in [6.45, 7) is 5.81. The van der Waals surface area contributed by atoms with Crippen molar-refractivity contribution >= 4 is 11.6 Å². The molecule has 2 aromatic carbocycles. The van der Waals surface area contributed by atoms with E-state index in [-0.39, 0.29) is 0 Å². The lowest BCUT2D eigenvalue weighted by Crippen LogP contribution is -2.08. The maximum atomic E-state index is 5.78. The minimum atomic E-state index is 0.576. The number of nitrogens with zero attached hydrogens (tertiary/aromatic N) is 2. The molecule has 1 heterocycles. The Morgan fingerprint density at radius 3 is 2.48 bits per heavy atom. The third-order valence-electron chi connectivity index (χ3n) is 5.66. The summed E-state index contributed by atoms with van der Waals surface area (Å²) in [5.41, 5.74) is 17.7. The Bertz CT molecular complexity index is 1060. The summed E-state index contributed by atoms with van der Waals surface area (Å²) in [5, 5.41) is 0. The maximum absolute atomic E-state index is 5.78. The smallest absolute Gasteiger partial charge is 0.110 e. The van der Waals surface area contributed by atoms with Gasteiger partial charge in [0.25, 0.3) is 0 Å². The van der Waals surface area contributed by atoms with Crippen LogP contribution in [0.3, 0.4) is 0 Å². The Balaban J connectivity index is 1.88. The second-order valence-electron chi connectivity index (χ2n) is 7.64. The van der Waals surface area contributed by atoms with Crippen molar-refractivity contribution in [1.29, 1.82) is 0 Å². The number of nitrogens with two attached hydrogens (primary N) is 1. The Labute approximate surface area is 173 Å². The molecule has 0 atom stereocenters. The summed E-state index contributed by atoms with van der Waals surface area (Å²) in [6.07, 6.45) is 6.34. The van der Waals surface area contributed by atoms with Crippen molar-refractivity contribution in [2.24, 2.45) is 5.73 Å². The molecule has 3 aromatic rings. The standard InChI is InChI=1S/C26H29N3/c1-3-5-10-24-28-25-21(4-2)15-16-22-8-6-7-9-23(22)26(25)29(24)18-20-13-11-19(17-27)12-14-20/h6-9,11-14,16H,3-5,10,17-18,27H2,1-2H3. The highest BCUT2D eigenvalue weighted by molar-refractivity contribution is 5.86. The largest absolute Gasteiger partial charge is 0.326 e. The maximum Gasteiger partial charge on any atom is 0.110 e. The number of fused-ring (bicyclic) bond motifs is 3. The highest BCUT2D eigenvalue weighted by Crippen LogP contribution is 2.36. The SMILES string of the molecule is CCCCc1nc2c(n1Cc1ccc(CN)cc1)-c1ccccc1C=C=C2CC. The first kappa shape index (κ1) is 19.4. The van der Waals surface area contributed by atoms with Gasteiger partial charge >= 0.3 is 0 Å². The molecular weight excluding hydrogens is 354 g/mol. The van der Waals surface area contributed by atoms with Crippen molar-refractivity contribution in [2.45, 2.75) is 52.6 Å². The second-order valence-corrected chi connectivity index (χ2v) is 7.64. The third kappa shape index (κ3) is 3.85. The van der Waals surface area contributed by atoms with Gasteiger partial charge in [0.05, 0.1) is 5.69 Å².